The summed E-state index contributed by atoms with van der Waals surface area (Å²) in [5, 5.41) is 3.52. The van der Waals surface area contributed by atoms with E-state index in [1.54, 1.807) is 38.1 Å². The standard InChI is InChI=1S/C22H24N4O4/c1-4-29-22(28)15-7-9-16(10-8-15)25-20(27)17-13(2)30-21-18(17)19(23-14(3)24-21)26-11-5-6-12-26/h7-10H,4-6,11-12H2,1-3H3,(H,25,27). The van der Waals surface area contributed by atoms with Gasteiger partial charge in [0.1, 0.15) is 17.4 Å². The number of hydrogen-bond donors (Lipinski definition) is 1. The fraction of sp³-hybridized carbons (Fsp3) is 0.364. The third-order valence-electron chi connectivity index (χ3n) is 5.11. The second-order valence-corrected chi connectivity index (χ2v) is 7.25. The number of anilines is 2. The van der Waals surface area contributed by atoms with Crippen LogP contribution in [0.3, 0.4) is 0 Å². The number of esters is 1. The van der Waals surface area contributed by atoms with Crippen molar-refractivity contribution in [2.45, 2.75) is 33.6 Å². The quantitative estimate of drug-likeness (QED) is 0.640. The Morgan fingerprint density at radius 3 is 2.50 bits per heavy atom. The van der Waals surface area contributed by atoms with Crippen molar-refractivity contribution >= 4 is 34.5 Å². The largest absolute Gasteiger partial charge is 0.462 e. The van der Waals surface area contributed by atoms with Crippen molar-refractivity contribution in [1.29, 1.82) is 0 Å². The molecule has 3 aromatic rings. The maximum absolute atomic E-state index is 13.1. The SMILES string of the molecule is CCOC(=O)c1ccc(NC(=O)c2c(C)oc3nc(C)nc(N4CCCC4)c23)cc1. The molecule has 1 aliphatic rings. The third-order valence-corrected chi connectivity index (χ3v) is 5.11. The molecule has 0 bridgehead atoms. The molecule has 8 nitrogen and oxygen atoms in total. The number of furan rings is 1. The Bertz CT molecular complexity index is 1100. The van der Waals surface area contributed by atoms with Crippen LogP contribution in [-0.4, -0.2) is 41.5 Å². The fourth-order valence-electron chi connectivity index (χ4n) is 3.73. The number of nitrogens with zero attached hydrogens (tertiary/aromatic N) is 3. The van der Waals surface area contributed by atoms with Gasteiger partial charge in [-0.3, -0.25) is 4.79 Å². The molecule has 156 valence electrons. The number of hydrogen-bond acceptors (Lipinski definition) is 7. The van der Waals surface area contributed by atoms with Crippen LogP contribution in [0.4, 0.5) is 11.5 Å². The molecule has 1 saturated heterocycles. The summed E-state index contributed by atoms with van der Waals surface area (Å²) in [5.74, 6) is 1.15. The number of aryl methyl sites for hydroxylation is 2. The van der Waals surface area contributed by atoms with Crippen molar-refractivity contribution in [3.63, 3.8) is 0 Å². The van der Waals surface area contributed by atoms with Gasteiger partial charge in [0.15, 0.2) is 0 Å². The van der Waals surface area contributed by atoms with E-state index in [1.165, 1.54) is 0 Å². The summed E-state index contributed by atoms with van der Waals surface area (Å²) in [6.07, 6.45) is 2.19. The van der Waals surface area contributed by atoms with Gasteiger partial charge in [-0.2, -0.15) is 4.98 Å². The molecule has 0 radical (unpaired) electrons. The third kappa shape index (κ3) is 3.72. The Morgan fingerprint density at radius 1 is 1.13 bits per heavy atom. The zero-order chi connectivity index (χ0) is 21.3. The lowest BCUT2D eigenvalue weighted by Crippen LogP contribution is -2.21. The number of nitrogens with one attached hydrogen (secondary N) is 1. The summed E-state index contributed by atoms with van der Waals surface area (Å²) in [6.45, 7) is 7.43. The summed E-state index contributed by atoms with van der Waals surface area (Å²) < 4.78 is 10.8. The van der Waals surface area contributed by atoms with Crippen molar-refractivity contribution in [2.75, 3.05) is 29.9 Å². The van der Waals surface area contributed by atoms with Crippen LogP contribution < -0.4 is 10.2 Å². The summed E-state index contributed by atoms with van der Waals surface area (Å²) in [5.41, 5.74) is 1.85. The second kappa shape index (κ2) is 8.14. The van der Waals surface area contributed by atoms with Crippen molar-refractivity contribution in [3.05, 3.63) is 47.0 Å². The zero-order valence-corrected chi connectivity index (χ0v) is 17.3. The summed E-state index contributed by atoms with van der Waals surface area (Å²) in [6, 6.07) is 6.58. The Kier molecular flexibility index (Phi) is 5.39. The van der Waals surface area contributed by atoms with Crippen molar-refractivity contribution in [1.82, 2.24) is 9.97 Å². The van der Waals surface area contributed by atoms with Gasteiger partial charge in [-0.1, -0.05) is 0 Å². The molecule has 1 aliphatic heterocycles. The van der Waals surface area contributed by atoms with Crippen molar-refractivity contribution in [2.24, 2.45) is 0 Å². The van der Waals surface area contributed by atoms with Gasteiger partial charge >= 0.3 is 5.97 Å². The first kappa shape index (κ1) is 19.9. The monoisotopic (exact) mass is 408 g/mol. The van der Waals surface area contributed by atoms with E-state index in [4.69, 9.17) is 9.15 Å². The number of ether oxygens (including phenoxy) is 1. The number of fused-ring (bicyclic) bond motifs is 1. The smallest absolute Gasteiger partial charge is 0.338 e. The normalized spacial score (nSPS) is 13.6. The van der Waals surface area contributed by atoms with Crippen LogP contribution >= 0.6 is 0 Å². The molecule has 0 aliphatic carbocycles. The van der Waals surface area contributed by atoms with E-state index < -0.39 is 5.97 Å². The topological polar surface area (TPSA) is 97.6 Å². The van der Waals surface area contributed by atoms with E-state index in [-0.39, 0.29) is 5.91 Å². The number of carbonyl (C=O) groups excluding carboxylic acids is 2. The molecule has 0 unspecified atom stereocenters. The summed E-state index contributed by atoms with van der Waals surface area (Å²) in [7, 11) is 0. The molecular weight excluding hydrogens is 384 g/mol. The van der Waals surface area contributed by atoms with E-state index in [0.29, 0.717) is 46.1 Å². The molecule has 1 aromatic carbocycles. The van der Waals surface area contributed by atoms with Gasteiger partial charge in [-0.25, -0.2) is 9.78 Å². The van der Waals surface area contributed by atoms with Crippen LogP contribution in [0.25, 0.3) is 11.1 Å². The number of amides is 1. The van der Waals surface area contributed by atoms with E-state index in [1.807, 2.05) is 6.92 Å². The fourth-order valence-corrected chi connectivity index (χ4v) is 3.73. The van der Waals surface area contributed by atoms with Crippen LogP contribution in [-0.2, 0) is 4.74 Å². The van der Waals surface area contributed by atoms with Gasteiger partial charge in [0, 0.05) is 18.8 Å². The predicted molar refractivity (Wildman–Crippen MR) is 113 cm³/mol. The molecule has 0 saturated carbocycles. The maximum atomic E-state index is 13.1. The Balaban J connectivity index is 1.66. The molecule has 1 fully saturated rings. The summed E-state index contributed by atoms with van der Waals surface area (Å²) in [4.78, 5) is 36.1. The first-order chi connectivity index (χ1) is 14.5. The molecule has 4 rings (SSSR count). The minimum absolute atomic E-state index is 0.303. The van der Waals surface area contributed by atoms with E-state index in [2.05, 4.69) is 20.2 Å². The predicted octanol–water partition coefficient (Wildman–Crippen LogP) is 3.87. The lowest BCUT2D eigenvalue weighted by Gasteiger charge is -2.18. The highest BCUT2D eigenvalue weighted by atomic mass is 16.5. The average molecular weight is 408 g/mol. The number of aromatic nitrogens is 2. The molecule has 0 spiro atoms. The van der Waals surface area contributed by atoms with Crippen LogP contribution in [0.5, 0.6) is 0 Å². The van der Waals surface area contributed by atoms with Gasteiger partial charge in [0.05, 0.1) is 23.1 Å². The number of carbonyl (C=O) groups is 2. The maximum Gasteiger partial charge on any atom is 0.338 e. The Hall–Kier alpha value is -3.42. The molecular formula is C22H24N4O4. The first-order valence-electron chi connectivity index (χ1n) is 10.1. The van der Waals surface area contributed by atoms with Gasteiger partial charge in [0.25, 0.3) is 5.91 Å². The molecule has 3 heterocycles. The molecule has 0 atom stereocenters. The lowest BCUT2D eigenvalue weighted by atomic mass is 10.1. The Morgan fingerprint density at radius 2 is 1.83 bits per heavy atom. The minimum atomic E-state index is -0.394. The highest BCUT2D eigenvalue weighted by molar-refractivity contribution is 6.15. The molecule has 2 aromatic heterocycles. The van der Waals surface area contributed by atoms with E-state index >= 15 is 0 Å². The van der Waals surface area contributed by atoms with Gasteiger partial charge in [-0.05, 0) is 57.9 Å². The molecule has 30 heavy (non-hydrogen) atoms. The Labute approximate surface area is 174 Å². The lowest BCUT2D eigenvalue weighted by molar-refractivity contribution is 0.0526. The minimum Gasteiger partial charge on any atom is -0.462 e. The highest BCUT2D eigenvalue weighted by Crippen LogP contribution is 2.34. The average Bonchev–Trinajstić information content (AvgIpc) is 3.35. The van der Waals surface area contributed by atoms with Crippen molar-refractivity contribution < 1.29 is 18.7 Å². The van der Waals surface area contributed by atoms with Crippen LogP contribution in [0, 0.1) is 13.8 Å². The van der Waals surface area contributed by atoms with Crippen LogP contribution in [0.2, 0.25) is 0 Å². The van der Waals surface area contributed by atoms with Gasteiger partial charge < -0.3 is 19.4 Å². The number of rotatable bonds is 5. The highest BCUT2D eigenvalue weighted by Gasteiger charge is 2.27. The molecule has 1 N–H and O–H groups in total. The summed E-state index contributed by atoms with van der Waals surface area (Å²) >= 11 is 0. The zero-order valence-electron chi connectivity index (χ0n) is 17.3. The van der Waals surface area contributed by atoms with Crippen LogP contribution in [0.15, 0.2) is 28.7 Å². The van der Waals surface area contributed by atoms with E-state index in [9.17, 15) is 9.59 Å². The second-order valence-electron chi connectivity index (χ2n) is 7.25. The van der Waals surface area contributed by atoms with E-state index in [0.717, 1.165) is 31.7 Å². The molecule has 8 heteroatoms. The first-order valence-corrected chi connectivity index (χ1v) is 10.1. The number of benzene rings is 1. The molecule has 1 amide bonds. The van der Waals surface area contributed by atoms with Crippen LogP contribution in [0.1, 0.15) is 52.1 Å². The van der Waals surface area contributed by atoms with Gasteiger partial charge in [0.2, 0.25) is 5.71 Å². The van der Waals surface area contributed by atoms with Gasteiger partial charge in [-0.15, -0.1) is 0 Å². The van der Waals surface area contributed by atoms with Crippen molar-refractivity contribution in [3.8, 4) is 0 Å².